The lowest BCUT2D eigenvalue weighted by Gasteiger charge is -2.06. The van der Waals surface area contributed by atoms with Gasteiger partial charge >= 0.3 is 0 Å². The first-order valence-corrected chi connectivity index (χ1v) is 8.57. The Morgan fingerprint density at radius 2 is 2.08 bits per heavy atom. The minimum atomic E-state index is -0.0375. The number of aromatic nitrogens is 1. The highest BCUT2D eigenvalue weighted by Crippen LogP contribution is 2.47. The van der Waals surface area contributed by atoms with E-state index in [4.69, 9.17) is 4.74 Å². The normalized spacial score (nSPS) is 18.8. The molecule has 5 heteroatoms. The van der Waals surface area contributed by atoms with Gasteiger partial charge in [-0.3, -0.25) is 9.78 Å². The number of hydrazone groups is 1. The molecule has 1 aliphatic carbocycles. The first kappa shape index (κ1) is 16.3. The van der Waals surface area contributed by atoms with Crippen LogP contribution >= 0.6 is 0 Å². The average molecular weight is 345 g/mol. The number of nitrogens with one attached hydrogen (secondary N) is 1. The summed E-state index contributed by atoms with van der Waals surface area (Å²) in [5.41, 5.74) is 5.51. The van der Waals surface area contributed by atoms with Crippen LogP contribution in [-0.4, -0.2) is 24.2 Å². The summed E-state index contributed by atoms with van der Waals surface area (Å²) in [7, 11) is 1.61. The molecule has 0 aliphatic heterocycles. The Labute approximate surface area is 151 Å². The standard InChI is InChI=1S/C21H19N3O2/c1-26-19-11-14(10-16-8-5-9-22-20(16)19)13-23-24-21(25)18-12-17(18)15-6-3-2-4-7-15/h2-11,13,17-18H,12H2,1H3,(H,24,25)/b23-13+/t17-,18+/m0/s1. The van der Waals surface area contributed by atoms with Crippen LogP contribution in [0.5, 0.6) is 5.75 Å². The van der Waals surface area contributed by atoms with Crippen LogP contribution in [0.4, 0.5) is 0 Å². The maximum Gasteiger partial charge on any atom is 0.243 e. The van der Waals surface area contributed by atoms with E-state index in [0.717, 1.165) is 22.9 Å². The number of ether oxygens (including phenoxy) is 1. The quantitative estimate of drug-likeness (QED) is 0.569. The highest BCUT2D eigenvalue weighted by atomic mass is 16.5. The number of pyridine rings is 1. The summed E-state index contributed by atoms with van der Waals surface area (Å²) in [6.45, 7) is 0. The van der Waals surface area contributed by atoms with Gasteiger partial charge in [-0.2, -0.15) is 5.10 Å². The predicted octanol–water partition coefficient (Wildman–Crippen LogP) is 3.50. The van der Waals surface area contributed by atoms with Gasteiger partial charge in [0.05, 0.1) is 13.3 Å². The molecule has 4 rings (SSSR count). The molecule has 2 aromatic carbocycles. The minimum Gasteiger partial charge on any atom is -0.494 e. The van der Waals surface area contributed by atoms with Crippen LogP contribution in [0, 0.1) is 5.92 Å². The second-order valence-corrected chi connectivity index (χ2v) is 6.39. The highest BCUT2D eigenvalue weighted by Gasteiger charge is 2.43. The van der Waals surface area contributed by atoms with Gasteiger partial charge in [0.1, 0.15) is 11.3 Å². The molecule has 130 valence electrons. The lowest BCUT2D eigenvalue weighted by molar-refractivity contribution is -0.122. The number of benzene rings is 2. The second kappa shape index (κ2) is 6.96. The van der Waals surface area contributed by atoms with E-state index in [9.17, 15) is 4.79 Å². The Kier molecular flexibility index (Phi) is 4.35. The Morgan fingerprint density at radius 1 is 1.23 bits per heavy atom. The van der Waals surface area contributed by atoms with E-state index in [-0.39, 0.29) is 11.8 Å². The maximum atomic E-state index is 12.3. The van der Waals surface area contributed by atoms with Crippen LogP contribution in [0.3, 0.4) is 0 Å². The number of carbonyl (C=O) groups excluding carboxylic acids is 1. The molecule has 5 nitrogen and oxygen atoms in total. The molecule has 0 spiro atoms. The molecule has 1 heterocycles. The van der Waals surface area contributed by atoms with Crippen molar-refractivity contribution >= 4 is 23.0 Å². The van der Waals surface area contributed by atoms with Crippen molar-refractivity contribution in [3.8, 4) is 5.75 Å². The second-order valence-electron chi connectivity index (χ2n) is 6.39. The molecule has 26 heavy (non-hydrogen) atoms. The average Bonchev–Trinajstić information content (AvgIpc) is 3.49. The van der Waals surface area contributed by atoms with Crippen LogP contribution in [0.1, 0.15) is 23.5 Å². The monoisotopic (exact) mass is 345 g/mol. The van der Waals surface area contributed by atoms with E-state index >= 15 is 0 Å². The smallest absolute Gasteiger partial charge is 0.243 e. The van der Waals surface area contributed by atoms with Crippen LogP contribution in [0.2, 0.25) is 0 Å². The van der Waals surface area contributed by atoms with Crippen molar-refractivity contribution in [1.29, 1.82) is 0 Å². The molecule has 1 fully saturated rings. The van der Waals surface area contributed by atoms with E-state index in [1.807, 2.05) is 42.5 Å². The predicted molar refractivity (Wildman–Crippen MR) is 101 cm³/mol. The lowest BCUT2D eigenvalue weighted by atomic mass is 10.1. The molecule has 2 atom stereocenters. The van der Waals surface area contributed by atoms with Crippen LogP contribution in [0.15, 0.2) is 65.9 Å². The first-order valence-electron chi connectivity index (χ1n) is 8.57. The molecular formula is C21H19N3O2. The van der Waals surface area contributed by atoms with Crippen LogP contribution in [-0.2, 0) is 4.79 Å². The van der Waals surface area contributed by atoms with Crippen molar-refractivity contribution in [2.45, 2.75) is 12.3 Å². The third-order valence-electron chi connectivity index (χ3n) is 4.66. The van der Waals surface area contributed by atoms with Gasteiger partial charge in [-0.25, -0.2) is 5.43 Å². The van der Waals surface area contributed by atoms with Gasteiger partial charge in [0, 0.05) is 17.5 Å². The summed E-state index contributed by atoms with van der Waals surface area (Å²) in [6, 6.07) is 17.8. The number of methoxy groups -OCH3 is 1. The molecule has 1 saturated carbocycles. The molecular weight excluding hydrogens is 326 g/mol. The number of amides is 1. The summed E-state index contributed by atoms with van der Waals surface area (Å²) in [5, 5.41) is 5.08. The van der Waals surface area contributed by atoms with Crippen molar-refractivity contribution in [1.82, 2.24) is 10.4 Å². The number of nitrogens with zero attached hydrogens (tertiary/aromatic N) is 2. The Bertz CT molecular complexity index is 969. The largest absolute Gasteiger partial charge is 0.494 e. The number of hydrogen-bond donors (Lipinski definition) is 1. The molecule has 0 bridgehead atoms. The fraction of sp³-hybridized carbons (Fsp3) is 0.190. The van der Waals surface area contributed by atoms with E-state index in [1.54, 1.807) is 19.5 Å². The van der Waals surface area contributed by atoms with Gasteiger partial charge in [-0.1, -0.05) is 36.4 Å². The molecule has 0 radical (unpaired) electrons. The van der Waals surface area contributed by atoms with Crippen molar-refractivity contribution < 1.29 is 9.53 Å². The zero-order chi connectivity index (χ0) is 17.9. The van der Waals surface area contributed by atoms with Gasteiger partial charge in [0.2, 0.25) is 5.91 Å². The molecule has 0 unspecified atom stereocenters. The first-order chi connectivity index (χ1) is 12.8. The number of fused-ring (bicyclic) bond motifs is 1. The Hall–Kier alpha value is -3.21. The van der Waals surface area contributed by atoms with Crippen molar-refractivity contribution in [2.24, 2.45) is 11.0 Å². The SMILES string of the molecule is COc1cc(/C=N/NC(=O)[C@@H]2C[C@H]2c2ccccc2)cc2cccnc12. The van der Waals surface area contributed by atoms with Crippen LogP contribution < -0.4 is 10.2 Å². The van der Waals surface area contributed by atoms with Gasteiger partial charge in [-0.15, -0.1) is 0 Å². The number of hydrogen-bond acceptors (Lipinski definition) is 4. The van der Waals surface area contributed by atoms with Gasteiger partial charge in [0.25, 0.3) is 0 Å². The molecule has 1 aliphatic rings. The van der Waals surface area contributed by atoms with Crippen LogP contribution in [0.25, 0.3) is 10.9 Å². The van der Waals surface area contributed by atoms with E-state index in [1.165, 1.54) is 5.56 Å². The van der Waals surface area contributed by atoms with E-state index < -0.39 is 0 Å². The van der Waals surface area contributed by atoms with Crippen molar-refractivity contribution in [2.75, 3.05) is 7.11 Å². The molecule has 3 aromatic rings. The summed E-state index contributed by atoms with van der Waals surface area (Å²) in [5.74, 6) is 0.954. The fourth-order valence-corrected chi connectivity index (χ4v) is 3.22. The van der Waals surface area contributed by atoms with E-state index in [0.29, 0.717) is 11.7 Å². The zero-order valence-corrected chi connectivity index (χ0v) is 14.4. The zero-order valence-electron chi connectivity index (χ0n) is 14.4. The lowest BCUT2D eigenvalue weighted by Crippen LogP contribution is -2.20. The third kappa shape index (κ3) is 3.28. The molecule has 0 saturated heterocycles. The summed E-state index contributed by atoms with van der Waals surface area (Å²) < 4.78 is 5.40. The number of carbonyl (C=O) groups is 1. The van der Waals surface area contributed by atoms with E-state index in [2.05, 4.69) is 27.6 Å². The van der Waals surface area contributed by atoms with Crippen molar-refractivity contribution in [3.63, 3.8) is 0 Å². The Balaban J connectivity index is 1.43. The summed E-state index contributed by atoms with van der Waals surface area (Å²) in [4.78, 5) is 16.6. The third-order valence-corrected chi connectivity index (χ3v) is 4.66. The van der Waals surface area contributed by atoms with Crippen molar-refractivity contribution in [3.05, 3.63) is 71.9 Å². The summed E-state index contributed by atoms with van der Waals surface area (Å²) >= 11 is 0. The molecule has 1 aromatic heterocycles. The molecule has 1 amide bonds. The van der Waals surface area contributed by atoms with Gasteiger partial charge < -0.3 is 4.74 Å². The topological polar surface area (TPSA) is 63.6 Å². The molecule has 1 N–H and O–H groups in total. The number of rotatable bonds is 5. The highest BCUT2D eigenvalue weighted by molar-refractivity contribution is 5.93. The minimum absolute atomic E-state index is 0.00453. The Morgan fingerprint density at radius 3 is 2.88 bits per heavy atom. The maximum absolute atomic E-state index is 12.3. The fourth-order valence-electron chi connectivity index (χ4n) is 3.22. The van der Waals surface area contributed by atoms with Gasteiger partial charge in [-0.05, 0) is 41.7 Å². The summed E-state index contributed by atoms with van der Waals surface area (Å²) in [6.07, 6.45) is 4.24. The van der Waals surface area contributed by atoms with Gasteiger partial charge in [0.15, 0.2) is 0 Å².